The van der Waals surface area contributed by atoms with Crippen LogP contribution >= 0.6 is 0 Å². The SMILES string of the molecule is CCC(C)=N/C=C(\CC)CCN1CCN(CCN=O)CC1. The Morgan fingerprint density at radius 2 is 1.67 bits per heavy atom. The van der Waals surface area contributed by atoms with Crippen LogP contribution in [0.1, 0.15) is 40.0 Å². The van der Waals surface area contributed by atoms with E-state index in [0.717, 1.165) is 58.5 Å². The van der Waals surface area contributed by atoms with Crippen LogP contribution in [-0.4, -0.2) is 61.3 Å². The van der Waals surface area contributed by atoms with E-state index < -0.39 is 0 Å². The Hall–Kier alpha value is -1.07. The molecule has 0 aromatic carbocycles. The van der Waals surface area contributed by atoms with Gasteiger partial charge in [-0.2, -0.15) is 4.91 Å². The van der Waals surface area contributed by atoms with Gasteiger partial charge in [-0.25, -0.2) is 0 Å². The van der Waals surface area contributed by atoms with E-state index in [-0.39, 0.29) is 0 Å². The average Bonchev–Trinajstić information content (AvgIpc) is 2.53. The number of nitrogens with zero attached hydrogens (tertiary/aromatic N) is 4. The van der Waals surface area contributed by atoms with Gasteiger partial charge in [0.15, 0.2) is 0 Å². The number of hydrogen-bond acceptors (Lipinski definition) is 5. The molecule has 0 saturated carbocycles. The van der Waals surface area contributed by atoms with Crippen molar-refractivity contribution in [2.75, 3.05) is 45.8 Å². The van der Waals surface area contributed by atoms with Crippen LogP contribution < -0.4 is 0 Å². The maximum Gasteiger partial charge on any atom is 0.0938 e. The van der Waals surface area contributed by atoms with Crippen LogP contribution in [0.15, 0.2) is 21.9 Å². The molecule has 0 spiro atoms. The predicted molar refractivity (Wildman–Crippen MR) is 89.9 cm³/mol. The summed E-state index contributed by atoms with van der Waals surface area (Å²) in [7, 11) is 0. The highest BCUT2D eigenvalue weighted by molar-refractivity contribution is 5.82. The Balaban J connectivity index is 2.30. The van der Waals surface area contributed by atoms with Crippen molar-refractivity contribution in [2.45, 2.75) is 40.0 Å². The van der Waals surface area contributed by atoms with Gasteiger partial charge in [-0.05, 0) is 26.2 Å². The van der Waals surface area contributed by atoms with Gasteiger partial charge in [0.1, 0.15) is 0 Å². The van der Waals surface area contributed by atoms with E-state index in [2.05, 4.69) is 46.9 Å². The topological polar surface area (TPSA) is 48.3 Å². The van der Waals surface area contributed by atoms with Crippen LogP contribution in [0.2, 0.25) is 0 Å². The van der Waals surface area contributed by atoms with Crippen LogP contribution in [-0.2, 0) is 0 Å². The minimum absolute atomic E-state index is 0.414. The average molecular weight is 294 g/mol. The molecule has 0 N–H and O–H groups in total. The molecule has 21 heavy (non-hydrogen) atoms. The molecule has 0 aromatic rings. The second-order valence-electron chi connectivity index (χ2n) is 5.64. The number of rotatable bonds is 9. The summed E-state index contributed by atoms with van der Waals surface area (Å²) >= 11 is 0. The molecule has 0 aromatic heterocycles. The third-order valence-corrected chi connectivity index (χ3v) is 4.15. The maximum atomic E-state index is 10.1. The van der Waals surface area contributed by atoms with Gasteiger partial charge in [-0.3, -0.25) is 9.89 Å². The number of piperazine rings is 1. The highest BCUT2D eigenvalue weighted by Crippen LogP contribution is 2.10. The zero-order chi connectivity index (χ0) is 15.5. The van der Waals surface area contributed by atoms with Gasteiger partial charge in [0.2, 0.25) is 0 Å². The van der Waals surface area contributed by atoms with Crippen molar-refractivity contribution in [3.63, 3.8) is 0 Å². The van der Waals surface area contributed by atoms with Crippen molar-refractivity contribution < 1.29 is 0 Å². The first kappa shape index (κ1) is 18.0. The Labute approximate surface area is 129 Å². The van der Waals surface area contributed by atoms with Crippen molar-refractivity contribution in [1.82, 2.24) is 9.80 Å². The molecule has 0 aliphatic carbocycles. The lowest BCUT2D eigenvalue weighted by Gasteiger charge is -2.34. The van der Waals surface area contributed by atoms with Crippen molar-refractivity contribution in [3.8, 4) is 0 Å². The zero-order valence-electron chi connectivity index (χ0n) is 13.8. The molecule has 0 amide bonds. The summed E-state index contributed by atoms with van der Waals surface area (Å²) in [6, 6.07) is 0. The first-order chi connectivity index (χ1) is 10.2. The van der Waals surface area contributed by atoms with Gasteiger partial charge < -0.3 is 4.90 Å². The minimum atomic E-state index is 0.414. The molecule has 1 aliphatic heterocycles. The van der Waals surface area contributed by atoms with Crippen LogP contribution in [0.4, 0.5) is 0 Å². The normalized spacial score (nSPS) is 19.0. The summed E-state index contributed by atoms with van der Waals surface area (Å²) < 4.78 is 0. The molecule has 1 saturated heterocycles. The second-order valence-corrected chi connectivity index (χ2v) is 5.64. The largest absolute Gasteiger partial charge is 0.300 e. The van der Waals surface area contributed by atoms with E-state index in [1.54, 1.807) is 0 Å². The Kier molecular flexibility index (Phi) is 9.10. The summed E-state index contributed by atoms with van der Waals surface area (Å²) in [6.07, 6.45) is 5.26. The molecule has 0 radical (unpaired) electrons. The molecular formula is C16H30N4O. The molecule has 120 valence electrons. The summed E-state index contributed by atoms with van der Waals surface area (Å²) in [4.78, 5) is 19.5. The van der Waals surface area contributed by atoms with Crippen molar-refractivity contribution in [2.24, 2.45) is 10.2 Å². The molecule has 1 heterocycles. The lowest BCUT2D eigenvalue weighted by molar-refractivity contribution is 0.136. The zero-order valence-corrected chi connectivity index (χ0v) is 13.8. The van der Waals surface area contributed by atoms with Gasteiger partial charge in [0.05, 0.1) is 6.54 Å². The fourth-order valence-electron chi connectivity index (χ4n) is 2.35. The summed E-state index contributed by atoms with van der Waals surface area (Å²) in [6.45, 7) is 13.0. The smallest absolute Gasteiger partial charge is 0.0938 e. The Bertz CT molecular complexity index is 357. The van der Waals surface area contributed by atoms with Crippen molar-refractivity contribution in [3.05, 3.63) is 16.7 Å². The molecule has 1 rings (SSSR count). The van der Waals surface area contributed by atoms with E-state index in [1.807, 2.05) is 0 Å². The quantitative estimate of drug-likeness (QED) is 0.485. The highest BCUT2D eigenvalue weighted by Gasteiger charge is 2.16. The molecule has 1 aliphatic rings. The van der Waals surface area contributed by atoms with Gasteiger partial charge in [-0.1, -0.05) is 24.6 Å². The lowest BCUT2D eigenvalue weighted by atomic mass is 10.1. The van der Waals surface area contributed by atoms with Crippen molar-refractivity contribution >= 4 is 5.71 Å². The third kappa shape index (κ3) is 7.48. The van der Waals surface area contributed by atoms with E-state index in [1.165, 1.54) is 11.3 Å². The van der Waals surface area contributed by atoms with Gasteiger partial charge in [-0.15, -0.1) is 0 Å². The standard InChI is InChI=1S/C16H30N4O/c1-4-15(3)17-14-16(5-2)6-8-19-10-12-20(13-11-19)9-7-18-21/h14H,4-13H2,1-3H3/b16-14+,17-15?. The van der Waals surface area contributed by atoms with Crippen LogP contribution in [0.3, 0.4) is 0 Å². The highest BCUT2D eigenvalue weighted by atomic mass is 16.3. The molecule has 0 bridgehead atoms. The number of aliphatic imine (C=N–C) groups is 1. The van der Waals surface area contributed by atoms with Crippen molar-refractivity contribution in [1.29, 1.82) is 0 Å². The summed E-state index contributed by atoms with van der Waals surface area (Å²) in [5.74, 6) is 0. The minimum Gasteiger partial charge on any atom is -0.300 e. The molecule has 5 nitrogen and oxygen atoms in total. The Morgan fingerprint density at radius 1 is 1.05 bits per heavy atom. The number of hydrogen-bond donors (Lipinski definition) is 0. The van der Waals surface area contributed by atoms with E-state index in [4.69, 9.17) is 0 Å². The van der Waals surface area contributed by atoms with Crippen LogP contribution in [0, 0.1) is 4.91 Å². The Morgan fingerprint density at radius 3 is 2.19 bits per heavy atom. The fourth-order valence-corrected chi connectivity index (χ4v) is 2.35. The maximum absolute atomic E-state index is 10.1. The monoisotopic (exact) mass is 294 g/mol. The summed E-state index contributed by atoms with van der Waals surface area (Å²) in [5, 5.41) is 2.94. The molecule has 5 heteroatoms. The lowest BCUT2D eigenvalue weighted by Crippen LogP contribution is -2.47. The molecule has 1 fully saturated rings. The van der Waals surface area contributed by atoms with E-state index in [0.29, 0.717) is 6.54 Å². The second kappa shape index (κ2) is 10.6. The van der Waals surface area contributed by atoms with Gasteiger partial charge in [0.25, 0.3) is 0 Å². The predicted octanol–water partition coefficient (Wildman–Crippen LogP) is 2.93. The molecular weight excluding hydrogens is 264 g/mol. The first-order valence-electron chi connectivity index (χ1n) is 8.14. The molecule has 0 unspecified atom stereocenters. The van der Waals surface area contributed by atoms with Crippen LogP contribution in [0.25, 0.3) is 0 Å². The third-order valence-electron chi connectivity index (χ3n) is 4.15. The van der Waals surface area contributed by atoms with Crippen LogP contribution in [0.5, 0.6) is 0 Å². The van der Waals surface area contributed by atoms with Gasteiger partial charge >= 0.3 is 0 Å². The summed E-state index contributed by atoms with van der Waals surface area (Å²) in [5.41, 5.74) is 2.62. The van der Waals surface area contributed by atoms with E-state index >= 15 is 0 Å². The first-order valence-corrected chi connectivity index (χ1v) is 8.14. The van der Waals surface area contributed by atoms with Gasteiger partial charge in [0, 0.05) is 51.2 Å². The van der Waals surface area contributed by atoms with E-state index in [9.17, 15) is 4.91 Å². The fraction of sp³-hybridized carbons (Fsp3) is 0.812. The number of nitroso groups, excluding NO2 is 1. The molecule has 0 atom stereocenters.